The Morgan fingerprint density at radius 1 is 1.50 bits per heavy atom. The fourth-order valence-electron chi connectivity index (χ4n) is 1.81. The molecular weight excluding hydrogens is 230 g/mol. The lowest BCUT2D eigenvalue weighted by Crippen LogP contribution is -2.27. The van der Waals surface area contributed by atoms with Crippen molar-refractivity contribution in [1.29, 1.82) is 0 Å². The van der Waals surface area contributed by atoms with Gasteiger partial charge in [-0.05, 0) is 24.1 Å². The summed E-state index contributed by atoms with van der Waals surface area (Å²) in [4.78, 5) is 15.5. The SMILES string of the molecule is Cc1nc2cc(CCNC(=O)CCN)ccc2o1. The van der Waals surface area contributed by atoms with Gasteiger partial charge in [0.1, 0.15) is 5.52 Å². The number of rotatable bonds is 5. The molecule has 0 aliphatic rings. The first-order chi connectivity index (χ1) is 8.69. The fraction of sp³-hybridized carbons (Fsp3) is 0.385. The first kappa shape index (κ1) is 12.6. The largest absolute Gasteiger partial charge is 0.441 e. The normalized spacial score (nSPS) is 10.8. The van der Waals surface area contributed by atoms with Crippen molar-refractivity contribution in [2.24, 2.45) is 5.73 Å². The van der Waals surface area contributed by atoms with Crippen LogP contribution in [-0.4, -0.2) is 24.0 Å². The monoisotopic (exact) mass is 247 g/mol. The summed E-state index contributed by atoms with van der Waals surface area (Å²) >= 11 is 0. The second kappa shape index (κ2) is 5.64. The minimum Gasteiger partial charge on any atom is -0.441 e. The zero-order chi connectivity index (χ0) is 13.0. The molecule has 0 atom stereocenters. The lowest BCUT2D eigenvalue weighted by Gasteiger charge is -2.04. The average molecular weight is 247 g/mol. The summed E-state index contributed by atoms with van der Waals surface area (Å²) in [6, 6.07) is 5.88. The molecule has 0 radical (unpaired) electrons. The van der Waals surface area contributed by atoms with Gasteiger partial charge in [-0.25, -0.2) is 4.98 Å². The third kappa shape index (κ3) is 3.07. The number of amides is 1. The van der Waals surface area contributed by atoms with Crippen LogP contribution in [0.3, 0.4) is 0 Å². The van der Waals surface area contributed by atoms with Gasteiger partial charge in [-0.2, -0.15) is 0 Å². The van der Waals surface area contributed by atoms with Crippen LogP contribution < -0.4 is 11.1 Å². The van der Waals surface area contributed by atoms with Crippen LogP contribution in [-0.2, 0) is 11.2 Å². The van der Waals surface area contributed by atoms with Crippen LogP contribution in [0.25, 0.3) is 11.1 Å². The van der Waals surface area contributed by atoms with Gasteiger partial charge in [0, 0.05) is 26.4 Å². The number of benzene rings is 1. The van der Waals surface area contributed by atoms with Crippen LogP contribution in [0.1, 0.15) is 17.9 Å². The van der Waals surface area contributed by atoms with E-state index in [1.165, 1.54) is 0 Å². The van der Waals surface area contributed by atoms with Crippen molar-refractivity contribution >= 4 is 17.0 Å². The molecule has 3 N–H and O–H groups in total. The van der Waals surface area contributed by atoms with Crippen molar-refractivity contribution in [3.63, 3.8) is 0 Å². The van der Waals surface area contributed by atoms with Crippen molar-refractivity contribution in [2.75, 3.05) is 13.1 Å². The van der Waals surface area contributed by atoms with Crippen LogP contribution in [0.15, 0.2) is 22.6 Å². The third-order valence-corrected chi connectivity index (χ3v) is 2.67. The number of carbonyl (C=O) groups excluding carboxylic acids is 1. The number of nitrogens with zero attached hydrogens (tertiary/aromatic N) is 1. The van der Waals surface area contributed by atoms with E-state index >= 15 is 0 Å². The topological polar surface area (TPSA) is 81.2 Å². The third-order valence-electron chi connectivity index (χ3n) is 2.67. The minimum atomic E-state index is -0.00383. The van der Waals surface area contributed by atoms with Gasteiger partial charge >= 0.3 is 0 Å². The number of fused-ring (bicyclic) bond motifs is 1. The highest BCUT2D eigenvalue weighted by Crippen LogP contribution is 2.16. The standard InChI is InChI=1S/C13H17N3O2/c1-9-16-11-8-10(2-3-12(11)18-9)5-7-15-13(17)4-6-14/h2-3,8H,4-7,14H2,1H3,(H,15,17). The Balaban J connectivity index is 1.93. The first-order valence-electron chi connectivity index (χ1n) is 6.02. The highest BCUT2D eigenvalue weighted by molar-refractivity contribution is 5.76. The molecule has 0 unspecified atom stereocenters. The van der Waals surface area contributed by atoms with Gasteiger partial charge in [0.25, 0.3) is 0 Å². The van der Waals surface area contributed by atoms with E-state index in [0.717, 1.165) is 23.1 Å². The molecule has 18 heavy (non-hydrogen) atoms. The van der Waals surface area contributed by atoms with E-state index in [-0.39, 0.29) is 5.91 Å². The van der Waals surface area contributed by atoms with Gasteiger partial charge in [0.15, 0.2) is 11.5 Å². The molecule has 0 bridgehead atoms. The van der Waals surface area contributed by atoms with E-state index in [1.807, 2.05) is 25.1 Å². The summed E-state index contributed by atoms with van der Waals surface area (Å²) in [6.45, 7) is 2.82. The van der Waals surface area contributed by atoms with Gasteiger partial charge < -0.3 is 15.5 Å². The second-order valence-corrected chi connectivity index (χ2v) is 4.17. The number of aromatic nitrogens is 1. The molecule has 2 rings (SSSR count). The summed E-state index contributed by atoms with van der Waals surface area (Å²) in [7, 11) is 0. The lowest BCUT2D eigenvalue weighted by molar-refractivity contribution is -0.120. The molecule has 1 amide bonds. The fourth-order valence-corrected chi connectivity index (χ4v) is 1.81. The smallest absolute Gasteiger partial charge is 0.221 e. The number of carbonyl (C=O) groups is 1. The van der Waals surface area contributed by atoms with E-state index in [9.17, 15) is 4.79 Å². The molecule has 0 saturated heterocycles. The molecule has 1 aromatic heterocycles. The Bertz CT molecular complexity index is 548. The Labute approximate surface area is 105 Å². The second-order valence-electron chi connectivity index (χ2n) is 4.17. The van der Waals surface area contributed by atoms with Crippen molar-refractivity contribution in [3.05, 3.63) is 29.7 Å². The maximum absolute atomic E-state index is 11.2. The maximum Gasteiger partial charge on any atom is 0.221 e. The summed E-state index contributed by atoms with van der Waals surface area (Å²) in [5.74, 6) is 0.661. The number of nitrogens with two attached hydrogens (primary N) is 1. The first-order valence-corrected chi connectivity index (χ1v) is 6.02. The molecule has 5 nitrogen and oxygen atoms in total. The van der Waals surface area contributed by atoms with Gasteiger partial charge in [0.05, 0.1) is 0 Å². The molecular formula is C13H17N3O2. The van der Waals surface area contributed by atoms with Gasteiger partial charge in [-0.15, -0.1) is 0 Å². The van der Waals surface area contributed by atoms with Crippen molar-refractivity contribution in [1.82, 2.24) is 10.3 Å². The Hall–Kier alpha value is -1.88. The van der Waals surface area contributed by atoms with E-state index in [0.29, 0.717) is 25.4 Å². The average Bonchev–Trinajstić information content (AvgIpc) is 2.69. The number of oxazole rings is 1. The number of hydrogen-bond donors (Lipinski definition) is 2. The molecule has 0 saturated carbocycles. The van der Waals surface area contributed by atoms with Gasteiger partial charge in [0.2, 0.25) is 5.91 Å². The summed E-state index contributed by atoms with van der Waals surface area (Å²) in [5, 5.41) is 2.82. The number of nitrogens with one attached hydrogen (secondary N) is 1. The summed E-state index contributed by atoms with van der Waals surface area (Å²) in [6.07, 6.45) is 1.15. The molecule has 2 aromatic rings. The molecule has 0 aliphatic carbocycles. The number of aryl methyl sites for hydroxylation is 1. The molecule has 0 aliphatic heterocycles. The van der Waals surface area contributed by atoms with Crippen molar-refractivity contribution in [2.45, 2.75) is 19.8 Å². The summed E-state index contributed by atoms with van der Waals surface area (Å²) < 4.78 is 5.40. The lowest BCUT2D eigenvalue weighted by atomic mass is 10.1. The van der Waals surface area contributed by atoms with Gasteiger partial charge in [-0.1, -0.05) is 6.07 Å². The van der Waals surface area contributed by atoms with Crippen LogP contribution in [0, 0.1) is 6.92 Å². The predicted octanol–water partition coefficient (Wildman–Crippen LogP) is 1.14. The van der Waals surface area contributed by atoms with Crippen LogP contribution in [0.2, 0.25) is 0 Å². The molecule has 0 spiro atoms. The van der Waals surface area contributed by atoms with E-state index < -0.39 is 0 Å². The minimum absolute atomic E-state index is 0.00383. The Morgan fingerprint density at radius 3 is 3.11 bits per heavy atom. The van der Waals surface area contributed by atoms with Crippen molar-refractivity contribution in [3.8, 4) is 0 Å². The predicted molar refractivity (Wildman–Crippen MR) is 69.1 cm³/mol. The molecule has 1 heterocycles. The molecule has 0 fully saturated rings. The number of hydrogen-bond acceptors (Lipinski definition) is 4. The molecule has 5 heteroatoms. The van der Waals surface area contributed by atoms with E-state index in [4.69, 9.17) is 10.2 Å². The summed E-state index contributed by atoms with van der Waals surface area (Å²) in [5.41, 5.74) is 8.08. The van der Waals surface area contributed by atoms with E-state index in [2.05, 4.69) is 10.3 Å². The highest BCUT2D eigenvalue weighted by atomic mass is 16.3. The van der Waals surface area contributed by atoms with Crippen molar-refractivity contribution < 1.29 is 9.21 Å². The van der Waals surface area contributed by atoms with Gasteiger partial charge in [-0.3, -0.25) is 4.79 Å². The zero-order valence-corrected chi connectivity index (χ0v) is 10.4. The maximum atomic E-state index is 11.2. The zero-order valence-electron chi connectivity index (χ0n) is 10.4. The van der Waals surface area contributed by atoms with Crippen LogP contribution >= 0.6 is 0 Å². The Kier molecular flexibility index (Phi) is 3.94. The van der Waals surface area contributed by atoms with Crippen LogP contribution in [0.4, 0.5) is 0 Å². The van der Waals surface area contributed by atoms with E-state index in [1.54, 1.807) is 0 Å². The molecule has 1 aromatic carbocycles. The Morgan fingerprint density at radius 2 is 2.33 bits per heavy atom. The highest BCUT2D eigenvalue weighted by Gasteiger charge is 2.04. The van der Waals surface area contributed by atoms with Crippen LogP contribution in [0.5, 0.6) is 0 Å². The quantitative estimate of drug-likeness (QED) is 0.830. The molecule has 96 valence electrons.